The van der Waals surface area contributed by atoms with E-state index >= 15 is 0 Å². The maximum atomic E-state index is 10.5. The zero-order valence-electron chi connectivity index (χ0n) is 8.22. The highest BCUT2D eigenvalue weighted by molar-refractivity contribution is 5.50. The third-order valence-corrected chi connectivity index (χ3v) is 2.10. The van der Waals surface area contributed by atoms with Crippen molar-refractivity contribution in [3.8, 4) is 11.5 Å². The minimum atomic E-state index is -1.20. The number of nitrogens with zero attached hydrogens (tertiary/aromatic N) is 1. The number of ether oxygens (including phenoxy) is 3. The van der Waals surface area contributed by atoms with E-state index in [0.717, 1.165) is 0 Å². The van der Waals surface area contributed by atoms with Crippen molar-refractivity contribution in [2.75, 3.05) is 7.11 Å². The topological polar surface area (TPSA) is 70.8 Å². The molecule has 0 radical (unpaired) electrons. The van der Waals surface area contributed by atoms with E-state index in [0.29, 0.717) is 11.5 Å². The van der Waals surface area contributed by atoms with Gasteiger partial charge in [-0.15, -0.1) is 0 Å². The SMILES string of the molecule is COC1(C)Oc2ccc([N+](=O)[O-])cc2O1. The zero-order chi connectivity index (χ0) is 11.1. The maximum absolute atomic E-state index is 10.5. The molecule has 1 heterocycles. The molecule has 6 heteroatoms. The van der Waals surface area contributed by atoms with Crippen LogP contribution in [0.15, 0.2) is 18.2 Å². The Hall–Kier alpha value is -1.82. The maximum Gasteiger partial charge on any atom is 0.368 e. The van der Waals surface area contributed by atoms with Gasteiger partial charge in [0.15, 0.2) is 11.5 Å². The Morgan fingerprint density at radius 2 is 2.07 bits per heavy atom. The zero-order valence-corrected chi connectivity index (χ0v) is 8.22. The first-order valence-electron chi connectivity index (χ1n) is 4.26. The molecule has 0 saturated carbocycles. The van der Waals surface area contributed by atoms with Crippen LogP contribution in [0.5, 0.6) is 11.5 Å². The largest absolute Gasteiger partial charge is 0.426 e. The molecule has 1 aromatic carbocycles. The Morgan fingerprint density at radius 3 is 2.67 bits per heavy atom. The molecule has 1 aliphatic heterocycles. The fourth-order valence-corrected chi connectivity index (χ4v) is 1.28. The molecule has 1 unspecified atom stereocenters. The summed E-state index contributed by atoms with van der Waals surface area (Å²) in [5, 5.41) is 10.5. The molecule has 0 fully saturated rings. The molecule has 0 aliphatic carbocycles. The van der Waals surface area contributed by atoms with E-state index in [1.807, 2.05) is 0 Å². The molecular formula is C9H9NO5. The summed E-state index contributed by atoms with van der Waals surface area (Å²) in [5.74, 6) is -0.448. The number of nitro groups is 1. The molecule has 0 spiro atoms. The number of rotatable bonds is 2. The van der Waals surface area contributed by atoms with Gasteiger partial charge >= 0.3 is 5.97 Å². The van der Waals surface area contributed by atoms with E-state index in [1.54, 1.807) is 6.92 Å². The highest BCUT2D eigenvalue weighted by Gasteiger charge is 2.37. The lowest BCUT2D eigenvalue weighted by atomic mass is 10.3. The molecule has 0 aromatic heterocycles. The number of nitro benzene ring substituents is 1. The summed E-state index contributed by atoms with van der Waals surface area (Å²) in [6.07, 6.45) is 0. The highest BCUT2D eigenvalue weighted by Crippen LogP contribution is 2.41. The van der Waals surface area contributed by atoms with Crippen LogP contribution in [0.4, 0.5) is 5.69 Å². The number of methoxy groups -OCH3 is 1. The summed E-state index contributed by atoms with van der Waals surface area (Å²) in [5.41, 5.74) is -0.0438. The molecule has 0 amide bonds. The fraction of sp³-hybridized carbons (Fsp3) is 0.333. The number of benzene rings is 1. The lowest BCUT2D eigenvalue weighted by molar-refractivity contribution is -0.385. The van der Waals surface area contributed by atoms with Crippen LogP contribution in [0.3, 0.4) is 0 Å². The summed E-state index contributed by atoms with van der Waals surface area (Å²) >= 11 is 0. The summed E-state index contributed by atoms with van der Waals surface area (Å²) in [6, 6.07) is 4.14. The van der Waals surface area contributed by atoms with Crippen molar-refractivity contribution in [2.45, 2.75) is 12.9 Å². The van der Waals surface area contributed by atoms with Gasteiger partial charge in [0.1, 0.15) is 0 Å². The summed E-state index contributed by atoms with van der Waals surface area (Å²) in [4.78, 5) is 10.0. The van der Waals surface area contributed by atoms with Crippen LogP contribution in [0.2, 0.25) is 0 Å². The molecule has 0 N–H and O–H groups in total. The fourth-order valence-electron chi connectivity index (χ4n) is 1.28. The summed E-state index contributed by atoms with van der Waals surface area (Å²) in [7, 11) is 1.43. The molecular weight excluding hydrogens is 202 g/mol. The van der Waals surface area contributed by atoms with Crippen LogP contribution < -0.4 is 9.47 Å². The first-order chi connectivity index (χ1) is 7.04. The van der Waals surface area contributed by atoms with Crippen LogP contribution in [0.25, 0.3) is 0 Å². The first-order valence-corrected chi connectivity index (χ1v) is 4.26. The molecule has 15 heavy (non-hydrogen) atoms. The normalized spacial score (nSPS) is 22.8. The molecule has 1 aliphatic rings. The van der Waals surface area contributed by atoms with Crippen molar-refractivity contribution in [3.63, 3.8) is 0 Å². The predicted molar refractivity (Wildman–Crippen MR) is 49.8 cm³/mol. The van der Waals surface area contributed by atoms with E-state index in [4.69, 9.17) is 14.2 Å². The Labute approximate surface area is 85.5 Å². The number of hydrogen-bond acceptors (Lipinski definition) is 5. The average molecular weight is 211 g/mol. The van der Waals surface area contributed by atoms with Crippen molar-refractivity contribution in [1.82, 2.24) is 0 Å². The van der Waals surface area contributed by atoms with Gasteiger partial charge in [-0.2, -0.15) is 0 Å². The highest BCUT2D eigenvalue weighted by atomic mass is 16.9. The summed E-state index contributed by atoms with van der Waals surface area (Å²) in [6.45, 7) is 1.58. The van der Waals surface area contributed by atoms with Crippen LogP contribution in [-0.2, 0) is 4.74 Å². The van der Waals surface area contributed by atoms with Crippen molar-refractivity contribution in [1.29, 1.82) is 0 Å². The third-order valence-electron chi connectivity index (χ3n) is 2.10. The molecule has 0 bridgehead atoms. The van der Waals surface area contributed by atoms with E-state index in [2.05, 4.69) is 0 Å². The van der Waals surface area contributed by atoms with Gasteiger partial charge in [-0.25, -0.2) is 0 Å². The van der Waals surface area contributed by atoms with Gasteiger partial charge in [0, 0.05) is 20.1 Å². The lowest BCUT2D eigenvalue weighted by Crippen LogP contribution is -2.36. The Morgan fingerprint density at radius 1 is 1.40 bits per heavy atom. The van der Waals surface area contributed by atoms with Crippen LogP contribution >= 0.6 is 0 Å². The molecule has 6 nitrogen and oxygen atoms in total. The predicted octanol–water partition coefficient (Wildman–Crippen LogP) is 1.69. The molecule has 1 atom stereocenters. The summed E-state index contributed by atoms with van der Waals surface area (Å²) < 4.78 is 15.6. The van der Waals surface area contributed by atoms with Crippen molar-refractivity contribution >= 4 is 5.69 Å². The van der Waals surface area contributed by atoms with Gasteiger partial charge in [-0.05, 0) is 6.07 Å². The van der Waals surface area contributed by atoms with Crippen LogP contribution in [0.1, 0.15) is 6.92 Å². The lowest BCUT2D eigenvalue weighted by Gasteiger charge is -2.19. The molecule has 1 aromatic rings. The number of hydrogen-bond donors (Lipinski definition) is 0. The van der Waals surface area contributed by atoms with Crippen molar-refractivity contribution < 1.29 is 19.1 Å². The van der Waals surface area contributed by atoms with E-state index < -0.39 is 10.9 Å². The minimum absolute atomic E-state index is 0.0438. The van der Waals surface area contributed by atoms with E-state index in [1.165, 1.54) is 25.3 Å². The number of non-ortho nitro benzene ring substituents is 1. The van der Waals surface area contributed by atoms with Crippen molar-refractivity contribution in [3.05, 3.63) is 28.3 Å². The Bertz CT molecular complexity index is 419. The standard InChI is InChI=1S/C9H9NO5/c1-9(13-2)14-7-4-3-6(10(11)12)5-8(7)15-9/h3-5H,1-2H3. The van der Waals surface area contributed by atoms with Gasteiger partial charge in [0.2, 0.25) is 0 Å². The molecule has 2 rings (SSSR count). The Balaban J connectivity index is 2.35. The monoisotopic (exact) mass is 211 g/mol. The molecule has 80 valence electrons. The third kappa shape index (κ3) is 1.59. The van der Waals surface area contributed by atoms with Gasteiger partial charge in [-0.1, -0.05) is 0 Å². The number of fused-ring (bicyclic) bond motifs is 1. The van der Waals surface area contributed by atoms with Gasteiger partial charge < -0.3 is 14.2 Å². The second-order valence-electron chi connectivity index (χ2n) is 3.16. The smallest absolute Gasteiger partial charge is 0.368 e. The van der Waals surface area contributed by atoms with Gasteiger partial charge in [0.05, 0.1) is 11.0 Å². The van der Waals surface area contributed by atoms with Gasteiger partial charge in [-0.3, -0.25) is 10.1 Å². The second-order valence-corrected chi connectivity index (χ2v) is 3.16. The Kier molecular flexibility index (Phi) is 2.01. The average Bonchev–Trinajstić information content (AvgIpc) is 2.53. The first kappa shape index (κ1) is 9.72. The van der Waals surface area contributed by atoms with Crippen LogP contribution in [-0.4, -0.2) is 18.0 Å². The van der Waals surface area contributed by atoms with E-state index in [9.17, 15) is 10.1 Å². The minimum Gasteiger partial charge on any atom is -0.426 e. The quantitative estimate of drug-likeness (QED) is 0.549. The van der Waals surface area contributed by atoms with Gasteiger partial charge in [0.25, 0.3) is 5.69 Å². The second kappa shape index (κ2) is 3.09. The molecule has 0 saturated heterocycles. The van der Waals surface area contributed by atoms with Crippen LogP contribution in [0, 0.1) is 10.1 Å². The van der Waals surface area contributed by atoms with E-state index in [-0.39, 0.29) is 5.69 Å². The van der Waals surface area contributed by atoms with Crippen molar-refractivity contribution in [2.24, 2.45) is 0 Å².